The molecule has 2 atom stereocenters. The molecule has 0 amide bonds. The number of ether oxygens (including phenoxy) is 2. The molecule has 2 rings (SSSR count). The van der Waals surface area contributed by atoms with Crippen LogP contribution in [0.15, 0.2) is 18.2 Å². The summed E-state index contributed by atoms with van der Waals surface area (Å²) in [4.78, 5) is 0. The van der Waals surface area contributed by atoms with Gasteiger partial charge in [-0.1, -0.05) is 0 Å². The van der Waals surface area contributed by atoms with Crippen molar-refractivity contribution < 1.29 is 14.6 Å². The summed E-state index contributed by atoms with van der Waals surface area (Å²) in [5.41, 5.74) is 6.89. The maximum atomic E-state index is 10.1. The Balaban J connectivity index is 0.00000162. The second-order valence-electron chi connectivity index (χ2n) is 4.46. The minimum Gasteiger partial charge on any atom is -0.497 e. The second kappa shape index (κ2) is 6.27. The van der Waals surface area contributed by atoms with Crippen molar-refractivity contribution in [2.24, 2.45) is 11.7 Å². The molecule has 4 nitrogen and oxygen atoms in total. The number of methoxy groups -OCH3 is 2. The normalized spacial score (nSPS) is 17.6. The van der Waals surface area contributed by atoms with E-state index >= 15 is 0 Å². The van der Waals surface area contributed by atoms with Crippen LogP contribution in [0.2, 0.25) is 0 Å². The third-order valence-electron chi connectivity index (χ3n) is 3.27. The first-order valence-corrected chi connectivity index (χ1v) is 5.83. The molecule has 1 aliphatic rings. The Labute approximate surface area is 113 Å². The van der Waals surface area contributed by atoms with E-state index in [-0.39, 0.29) is 12.4 Å². The summed E-state index contributed by atoms with van der Waals surface area (Å²) in [6.45, 7) is 0. The molecular formula is C13H20ClNO3. The Hall–Kier alpha value is -0.970. The number of hydrogen-bond donors (Lipinski definition) is 2. The lowest BCUT2D eigenvalue weighted by atomic mass is 9.98. The summed E-state index contributed by atoms with van der Waals surface area (Å²) >= 11 is 0. The van der Waals surface area contributed by atoms with Gasteiger partial charge in [0.25, 0.3) is 0 Å². The predicted octanol–water partition coefficient (Wildman–Crippen LogP) is 1.90. The molecule has 0 aromatic heterocycles. The maximum Gasteiger partial charge on any atom is 0.123 e. The van der Waals surface area contributed by atoms with Crippen molar-refractivity contribution in [2.45, 2.75) is 25.0 Å². The summed E-state index contributed by atoms with van der Waals surface area (Å²) in [6, 6.07) is 5.04. The van der Waals surface area contributed by atoms with E-state index in [1.54, 1.807) is 14.2 Å². The van der Waals surface area contributed by atoms with Crippen molar-refractivity contribution in [3.05, 3.63) is 23.8 Å². The molecule has 0 spiro atoms. The highest BCUT2D eigenvalue weighted by molar-refractivity contribution is 5.85. The van der Waals surface area contributed by atoms with Gasteiger partial charge in [-0.05, 0) is 37.0 Å². The van der Waals surface area contributed by atoms with Gasteiger partial charge in [0.1, 0.15) is 11.5 Å². The molecule has 1 aromatic rings. The third kappa shape index (κ3) is 3.07. The van der Waals surface area contributed by atoms with Gasteiger partial charge in [0, 0.05) is 5.56 Å². The van der Waals surface area contributed by atoms with E-state index in [0.29, 0.717) is 11.7 Å². The van der Waals surface area contributed by atoms with Crippen LogP contribution in [0.3, 0.4) is 0 Å². The number of aliphatic hydroxyl groups excluding tert-OH is 1. The molecule has 1 fully saturated rings. The van der Waals surface area contributed by atoms with Crippen molar-refractivity contribution in [1.82, 2.24) is 0 Å². The summed E-state index contributed by atoms with van der Waals surface area (Å²) < 4.78 is 10.4. The number of rotatable bonds is 5. The molecule has 18 heavy (non-hydrogen) atoms. The third-order valence-corrected chi connectivity index (χ3v) is 3.27. The molecule has 1 aromatic carbocycles. The van der Waals surface area contributed by atoms with Gasteiger partial charge in [0.15, 0.2) is 0 Å². The molecule has 0 aliphatic heterocycles. The zero-order chi connectivity index (χ0) is 12.4. The highest BCUT2D eigenvalue weighted by Gasteiger charge is 2.35. The minimum absolute atomic E-state index is 0. The van der Waals surface area contributed by atoms with Crippen LogP contribution >= 0.6 is 12.4 Å². The van der Waals surface area contributed by atoms with E-state index in [4.69, 9.17) is 15.2 Å². The summed E-state index contributed by atoms with van der Waals surface area (Å²) in [5, 5.41) is 10.1. The van der Waals surface area contributed by atoms with E-state index in [0.717, 1.165) is 24.2 Å². The molecule has 0 heterocycles. The van der Waals surface area contributed by atoms with Crippen molar-refractivity contribution >= 4 is 12.4 Å². The lowest BCUT2D eigenvalue weighted by molar-refractivity contribution is 0.121. The quantitative estimate of drug-likeness (QED) is 0.860. The highest BCUT2D eigenvalue weighted by atomic mass is 35.5. The first-order valence-electron chi connectivity index (χ1n) is 5.83. The molecule has 102 valence electrons. The topological polar surface area (TPSA) is 64.7 Å². The largest absolute Gasteiger partial charge is 0.497 e. The van der Waals surface area contributed by atoms with Crippen LogP contribution in [-0.4, -0.2) is 25.4 Å². The van der Waals surface area contributed by atoms with Crippen molar-refractivity contribution in [3.63, 3.8) is 0 Å². The Kier molecular flexibility index (Phi) is 5.26. The smallest absolute Gasteiger partial charge is 0.123 e. The number of benzene rings is 1. The minimum atomic E-state index is -0.504. The lowest BCUT2D eigenvalue weighted by Crippen LogP contribution is -2.28. The van der Waals surface area contributed by atoms with E-state index in [1.165, 1.54) is 0 Å². The van der Waals surface area contributed by atoms with E-state index < -0.39 is 12.1 Å². The first kappa shape index (κ1) is 15.1. The predicted molar refractivity (Wildman–Crippen MR) is 72.5 cm³/mol. The Morgan fingerprint density at radius 3 is 2.44 bits per heavy atom. The van der Waals surface area contributed by atoms with Crippen molar-refractivity contribution in [1.29, 1.82) is 0 Å². The lowest BCUT2D eigenvalue weighted by Gasteiger charge is -2.21. The number of hydrogen-bond acceptors (Lipinski definition) is 4. The van der Waals surface area contributed by atoms with Crippen molar-refractivity contribution in [2.75, 3.05) is 14.2 Å². The standard InChI is InChI=1S/C13H19NO3.ClH/c1-16-9-5-6-11(17-2)10(7-9)12(14)13(15)8-3-4-8;/h5-8,12-13,15H,3-4,14H2,1-2H3;1H/t12-,13+;/m0./s1. The van der Waals surface area contributed by atoms with Gasteiger partial charge >= 0.3 is 0 Å². The van der Waals surface area contributed by atoms with Crippen LogP contribution in [0.5, 0.6) is 11.5 Å². The number of aliphatic hydroxyl groups is 1. The molecule has 0 bridgehead atoms. The fourth-order valence-electron chi connectivity index (χ4n) is 2.01. The monoisotopic (exact) mass is 273 g/mol. The second-order valence-corrected chi connectivity index (χ2v) is 4.46. The zero-order valence-corrected chi connectivity index (χ0v) is 11.4. The van der Waals surface area contributed by atoms with Gasteiger partial charge < -0.3 is 20.3 Å². The molecule has 1 saturated carbocycles. The van der Waals surface area contributed by atoms with Crippen LogP contribution in [0, 0.1) is 5.92 Å². The summed E-state index contributed by atoms with van der Waals surface area (Å²) in [5.74, 6) is 1.75. The fourth-order valence-corrected chi connectivity index (χ4v) is 2.01. The van der Waals surface area contributed by atoms with Crippen LogP contribution in [0.1, 0.15) is 24.4 Å². The SMILES string of the molecule is COc1ccc(OC)c([C@H](N)[C@H](O)C2CC2)c1.Cl. The molecular weight excluding hydrogens is 254 g/mol. The van der Waals surface area contributed by atoms with Crippen LogP contribution in [0.25, 0.3) is 0 Å². The molecule has 0 radical (unpaired) electrons. The Morgan fingerprint density at radius 1 is 1.28 bits per heavy atom. The zero-order valence-electron chi connectivity index (χ0n) is 10.6. The number of nitrogens with two attached hydrogens (primary N) is 1. The van der Waals surface area contributed by atoms with Gasteiger partial charge in [-0.15, -0.1) is 12.4 Å². The van der Waals surface area contributed by atoms with Crippen LogP contribution < -0.4 is 15.2 Å². The summed E-state index contributed by atoms with van der Waals surface area (Å²) in [7, 11) is 3.20. The van der Waals surface area contributed by atoms with E-state index in [1.807, 2.05) is 18.2 Å². The van der Waals surface area contributed by atoms with Gasteiger partial charge in [0.05, 0.1) is 26.4 Å². The van der Waals surface area contributed by atoms with Crippen molar-refractivity contribution in [3.8, 4) is 11.5 Å². The molecule has 5 heteroatoms. The van der Waals surface area contributed by atoms with Gasteiger partial charge in [-0.3, -0.25) is 0 Å². The maximum absolute atomic E-state index is 10.1. The summed E-state index contributed by atoms with van der Waals surface area (Å²) in [6.07, 6.45) is 1.61. The fraction of sp³-hybridized carbons (Fsp3) is 0.538. The van der Waals surface area contributed by atoms with Crippen LogP contribution in [0.4, 0.5) is 0 Å². The Bertz CT molecular complexity index is 396. The highest BCUT2D eigenvalue weighted by Crippen LogP contribution is 2.39. The molecule has 0 unspecified atom stereocenters. The average Bonchev–Trinajstić information content (AvgIpc) is 3.20. The first-order chi connectivity index (χ1) is 8.17. The van der Waals surface area contributed by atoms with Gasteiger partial charge in [0.2, 0.25) is 0 Å². The van der Waals surface area contributed by atoms with Gasteiger partial charge in [-0.25, -0.2) is 0 Å². The average molecular weight is 274 g/mol. The number of halogens is 1. The molecule has 0 saturated heterocycles. The molecule has 3 N–H and O–H groups in total. The van der Waals surface area contributed by atoms with E-state index in [9.17, 15) is 5.11 Å². The Morgan fingerprint density at radius 2 is 1.94 bits per heavy atom. The van der Waals surface area contributed by atoms with Gasteiger partial charge in [-0.2, -0.15) is 0 Å². The van der Waals surface area contributed by atoms with E-state index in [2.05, 4.69) is 0 Å². The van der Waals surface area contributed by atoms with Crippen LogP contribution in [-0.2, 0) is 0 Å². The molecule has 1 aliphatic carbocycles.